The summed E-state index contributed by atoms with van der Waals surface area (Å²) in [5.74, 6) is 0. The third-order valence-electron chi connectivity index (χ3n) is 0. The molecule has 0 N–H and O–H groups in total. The quantitative estimate of drug-likeness (QED) is 0.383. The molecule has 0 saturated heterocycles. The van der Waals surface area contributed by atoms with E-state index in [1.165, 1.54) is 0 Å². The number of hydrogen-bond acceptors (Lipinski definition) is 0. The van der Waals surface area contributed by atoms with Crippen molar-refractivity contribution in [3.05, 3.63) is 0 Å². The van der Waals surface area contributed by atoms with Gasteiger partial charge in [-0.05, 0) is 0 Å². The van der Waals surface area contributed by atoms with Gasteiger partial charge in [0.15, 0.2) is 0 Å². The van der Waals surface area contributed by atoms with Crippen molar-refractivity contribution in [3.8, 4) is 0 Å². The first-order valence-corrected chi connectivity index (χ1v) is 0. The molecule has 0 fully saturated rings. The Hall–Kier alpha value is 1.98. The van der Waals surface area contributed by atoms with Gasteiger partial charge in [0.2, 0.25) is 0 Å². The normalized spacial score (nSPS) is 0. The van der Waals surface area contributed by atoms with Crippen molar-refractivity contribution in [2.75, 3.05) is 0 Å². The summed E-state index contributed by atoms with van der Waals surface area (Å²) < 4.78 is 0. The van der Waals surface area contributed by atoms with Crippen LogP contribution in [-0.2, 0) is 50.9 Å². The minimum absolute atomic E-state index is 0. The predicted octanol–water partition coefficient (Wildman–Crippen LogP) is 0.0506. The molecule has 0 heterocycles. The van der Waals surface area contributed by atoms with Gasteiger partial charge in [-0.3, -0.25) is 0 Å². The zero-order valence-corrected chi connectivity index (χ0v) is 6.57. The smallest absolute Gasteiger partial charge is 0 e. The van der Waals surface area contributed by atoms with Crippen LogP contribution in [-0.4, -0.2) is 0 Å². The van der Waals surface area contributed by atoms with Crippen LogP contribution in [0.5, 0.6) is 0 Å². The average Bonchev–Trinajstić information content (AvgIpc) is 0. The van der Waals surface area contributed by atoms with Crippen LogP contribution in [0.4, 0.5) is 0 Å². The maximum atomic E-state index is 0. The summed E-state index contributed by atoms with van der Waals surface area (Å²) in [7, 11) is 0. The van der Waals surface area contributed by atoms with Gasteiger partial charge in [-0.15, -0.1) is 0 Å². The van der Waals surface area contributed by atoms with Crippen LogP contribution in [0.3, 0.4) is 0 Å². The Morgan fingerprint density at radius 3 is 1.00 bits per heavy atom. The van der Waals surface area contributed by atoms with E-state index >= 15 is 0 Å². The van der Waals surface area contributed by atoms with Gasteiger partial charge >= 0.3 is 0 Å². The van der Waals surface area contributed by atoms with Crippen LogP contribution in [0, 0.1) is 0 Å². The molecule has 0 saturated carbocycles. The zero-order chi connectivity index (χ0) is 0. The van der Waals surface area contributed by atoms with Gasteiger partial charge in [0.05, 0.1) is 0 Å². The van der Waals surface area contributed by atoms with E-state index in [4.69, 9.17) is 0 Å². The molecule has 0 aliphatic rings. The van der Waals surface area contributed by atoms with Crippen LogP contribution in [0.2, 0.25) is 0 Å². The van der Waals surface area contributed by atoms with E-state index in [0.717, 1.165) is 0 Å². The molecule has 0 aromatic rings. The Balaban J connectivity index is 0. The van der Waals surface area contributed by atoms with Gasteiger partial charge in [0.1, 0.15) is 0 Å². The van der Waals surface area contributed by atoms with Crippen molar-refractivity contribution >= 4 is 9.90 Å². The molecule has 0 amide bonds. The van der Waals surface area contributed by atoms with Crippen molar-refractivity contribution in [1.29, 1.82) is 0 Å². The van der Waals surface area contributed by atoms with Gasteiger partial charge in [0, 0.05) is 50.9 Å². The minimum Gasteiger partial charge on any atom is -0.153 e. The van der Waals surface area contributed by atoms with E-state index in [-0.39, 0.29) is 60.8 Å². The molecular weight excluding hydrogens is 198 g/mol. The molecule has 0 radical (unpaired) electrons. The molecule has 0 bridgehead atoms. The largest absolute Gasteiger partial charge is 0.153 e. The van der Waals surface area contributed by atoms with E-state index in [2.05, 4.69) is 0 Å². The summed E-state index contributed by atoms with van der Waals surface area (Å²) in [5.41, 5.74) is 0. The van der Waals surface area contributed by atoms with E-state index in [1.54, 1.807) is 0 Å². The maximum absolute atomic E-state index is 0. The fraction of sp³-hybridized carbons (Fsp3) is 0. The third kappa shape index (κ3) is 9.02. The van der Waals surface area contributed by atoms with Crippen molar-refractivity contribution < 1.29 is 50.9 Å². The predicted molar refractivity (Wildman–Crippen MR) is 11.1 cm³/mol. The second-order valence-electron chi connectivity index (χ2n) is 0. The second kappa shape index (κ2) is 20.1. The topological polar surface area (TPSA) is 0 Å². The molecule has 0 nitrogen and oxygen atoms in total. The minimum atomic E-state index is 0. The summed E-state index contributed by atoms with van der Waals surface area (Å²) in [6, 6.07) is 0. The first kappa shape index (κ1) is 37.9. The third-order valence-corrected chi connectivity index (χ3v) is 0. The average molecular weight is 201 g/mol. The van der Waals surface area contributed by atoms with Crippen molar-refractivity contribution in [2.45, 2.75) is 0 Å². The van der Waals surface area contributed by atoms with Crippen LogP contribution in [0.15, 0.2) is 0 Å². The molecule has 1 atom stereocenters. The first-order chi connectivity index (χ1) is 0. The van der Waals surface area contributed by atoms with Crippen molar-refractivity contribution in [3.63, 3.8) is 0 Å². The summed E-state index contributed by atoms with van der Waals surface area (Å²) in [6.45, 7) is 0. The Labute approximate surface area is 60.6 Å². The van der Waals surface area contributed by atoms with Gasteiger partial charge in [-0.2, -0.15) is 9.90 Å². The Morgan fingerprint density at radius 1 is 1.00 bits per heavy atom. The molecule has 0 spiro atoms. The number of hydrogen-bond donors (Lipinski definition) is 0. The van der Waals surface area contributed by atoms with Crippen LogP contribution >= 0.6 is 9.90 Å². The molecule has 0 aromatic carbocycles. The Bertz CT molecular complexity index is 8.00. The summed E-state index contributed by atoms with van der Waals surface area (Å²) in [5, 5.41) is 0. The molecule has 1 unspecified atom stereocenters. The van der Waals surface area contributed by atoms with E-state index < -0.39 is 0 Å². The van der Waals surface area contributed by atoms with Crippen molar-refractivity contribution in [1.82, 2.24) is 0 Å². The monoisotopic (exact) mass is 200 g/mol. The van der Waals surface area contributed by atoms with Crippen LogP contribution < -0.4 is 0 Å². The van der Waals surface area contributed by atoms with E-state index in [1.807, 2.05) is 0 Å². The second-order valence-corrected chi connectivity index (χ2v) is 0. The van der Waals surface area contributed by atoms with Gasteiger partial charge in [-0.1, -0.05) is 0 Å². The fourth-order valence-corrected chi connectivity index (χ4v) is 0. The Kier molecular flexibility index (Phi) is 191. The van der Waals surface area contributed by atoms with E-state index in [0.29, 0.717) is 0 Å². The molecule has 0 rings (SSSR count). The molecule has 0 aliphatic carbocycles. The SMILES string of the molecule is P.[Cr].[Fe].[Ni]. The van der Waals surface area contributed by atoms with E-state index in [9.17, 15) is 0 Å². The molecule has 0 aliphatic heterocycles. The van der Waals surface area contributed by atoms with Gasteiger partial charge in [-0.25, -0.2) is 0 Å². The standard InChI is InChI=1S/Cr.Fe.Ni.H3P/h;;;1H3. The maximum Gasteiger partial charge on any atom is 0 e. The zero-order valence-electron chi connectivity index (χ0n) is 1.79. The van der Waals surface area contributed by atoms with Crippen molar-refractivity contribution in [2.24, 2.45) is 0 Å². The fourth-order valence-electron chi connectivity index (χ4n) is 0. The molecule has 4 heteroatoms. The number of rotatable bonds is 0. The summed E-state index contributed by atoms with van der Waals surface area (Å²) in [4.78, 5) is 0. The summed E-state index contributed by atoms with van der Waals surface area (Å²) in [6.07, 6.45) is 0. The molecule has 32 valence electrons. The molecule has 0 aromatic heterocycles. The molecular formula is H3CrFeNiP. The summed E-state index contributed by atoms with van der Waals surface area (Å²) >= 11 is 0. The van der Waals surface area contributed by atoms with Gasteiger partial charge in [0.25, 0.3) is 0 Å². The van der Waals surface area contributed by atoms with Gasteiger partial charge < -0.3 is 0 Å². The molecule has 4 heavy (non-hydrogen) atoms. The Morgan fingerprint density at radius 2 is 1.00 bits per heavy atom. The first-order valence-electron chi connectivity index (χ1n) is 0. The van der Waals surface area contributed by atoms with Crippen LogP contribution in [0.25, 0.3) is 0 Å². The van der Waals surface area contributed by atoms with Crippen LogP contribution in [0.1, 0.15) is 0 Å².